The molecule has 7 heteroatoms. The van der Waals surface area contributed by atoms with Gasteiger partial charge in [0.25, 0.3) is 0 Å². The van der Waals surface area contributed by atoms with E-state index in [2.05, 4.69) is 22.5 Å². The molecule has 2 amide bonds. The molecule has 2 rings (SSSR count). The molecular formula is C17H23ClFN3O2. The standard InChI is InChI=1S/C17H23ClFN3O2/c1-2-3-8-22-9-6-13(7-10-22)20-16(23)17(24)21-15-5-4-12(19)11-14(15)18/h4-5,11,13H,2-3,6-10H2,1H3,(H,20,23)(H,21,24). The Kier molecular flexibility index (Phi) is 6.99. The topological polar surface area (TPSA) is 61.4 Å². The van der Waals surface area contributed by atoms with E-state index in [4.69, 9.17) is 11.6 Å². The predicted molar refractivity (Wildman–Crippen MR) is 92.6 cm³/mol. The van der Waals surface area contributed by atoms with Gasteiger partial charge < -0.3 is 15.5 Å². The fraction of sp³-hybridized carbons (Fsp3) is 0.529. The third-order valence-corrected chi connectivity index (χ3v) is 4.45. The summed E-state index contributed by atoms with van der Waals surface area (Å²) >= 11 is 5.84. The molecule has 2 N–H and O–H groups in total. The number of anilines is 1. The zero-order valence-corrected chi connectivity index (χ0v) is 14.5. The lowest BCUT2D eigenvalue weighted by Crippen LogP contribution is -2.47. The minimum Gasteiger partial charge on any atom is -0.345 e. The Bertz CT molecular complexity index is 589. The van der Waals surface area contributed by atoms with E-state index < -0.39 is 17.6 Å². The number of likely N-dealkylation sites (tertiary alicyclic amines) is 1. The van der Waals surface area contributed by atoms with Crippen LogP contribution >= 0.6 is 11.6 Å². The highest BCUT2D eigenvalue weighted by atomic mass is 35.5. The fourth-order valence-electron chi connectivity index (χ4n) is 2.70. The highest BCUT2D eigenvalue weighted by Crippen LogP contribution is 2.22. The number of nitrogens with one attached hydrogen (secondary N) is 2. The van der Waals surface area contributed by atoms with Crippen molar-refractivity contribution in [3.63, 3.8) is 0 Å². The van der Waals surface area contributed by atoms with Crippen LogP contribution in [-0.4, -0.2) is 42.4 Å². The first kappa shape index (κ1) is 18.7. The average molecular weight is 356 g/mol. The van der Waals surface area contributed by atoms with Gasteiger partial charge in [-0.2, -0.15) is 0 Å². The van der Waals surface area contributed by atoms with Gasteiger partial charge in [0.05, 0.1) is 10.7 Å². The molecule has 1 aromatic rings. The number of hydrogen-bond acceptors (Lipinski definition) is 3. The molecular weight excluding hydrogens is 333 g/mol. The molecule has 0 bridgehead atoms. The first-order chi connectivity index (χ1) is 11.5. The molecule has 1 aliphatic heterocycles. The lowest BCUT2D eigenvalue weighted by molar-refractivity contribution is -0.136. The summed E-state index contributed by atoms with van der Waals surface area (Å²) in [6.45, 7) is 5.10. The number of carbonyl (C=O) groups is 2. The van der Waals surface area contributed by atoms with Crippen LogP contribution in [0.1, 0.15) is 32.6 Å². The van der Waals surface area contributed by atoms with Gasteiger partial charge in [0.2, 0.25) is 0 Å². The van der Waals surface area contributed by atoms with Gasteiger partial charge in [0, 0.05) is 19.1 Å². The highest BCUT2D eigenvalue weighted by molar-refractivity contribution is 6.41. The summed E-state index contributed by atoms with van der Waals surface area (Å²) in [7, 11) is 0. The minimum atomic E-state index is -0.795. The van der Waals surface area contributed by atoms with Crippen molar-refractivity contribution < 1.29 is 14.0 Å². The second-order valence-corrected chi connectivity index (χ2v) is 6.43. The molecule has 1 fully saturated rings. The number of amides is 2. The number of hydrogen-bond donors (Lipinski definition) is 2. The molecule has 0 aromatic heterocycles. The zero-order valence-electron chi connectivity index (χ0n) is 13.8. The van der Waals surface area contributed by atoms with Crippen molar-refractivity contribution in [1.82, 2.24) is 10.2 Å². The first-order valence-electron chi connectivity index (χ1n) is 8.29. The number of carbonyl (C=O) groups excluding carboxylic acids is 2. The van der Waals surface area contributed by atoms with E-state index >= 15 is 0 Å². The normalized spacial score (nSPS) is 16.0. The second kappa shape index (κ2) is 8.99. The summed E-state index contributed by atoms with van der Waals surface area (Å²) in [5.74, 6) is -1.99. The van der Waals surface area contributed by atoms with Crippen molar-refractivity contribution >= 4 is 29.1 Å². The fourth-order valence-corrected chi connectivity index (χ4v) is 2.92. The zero-order chi connectivity index (χ0) is 17.5. The van der Waals surface area contributed by atoms with Crippen LogP contribution in [-0.2, 0) is 9.59 Å². The van der Waals surface area contributed by atoms with Crippen LogP contribution < -0.4 is 10.6 Å². The summed E-state index contributed by atoms with van der Waals surface area (Å²) in [6.07, 6.45) is 4.01. The molecule has 0 unspecified atom stereocenters. The maximum absolute atomic E-state index is 13.0. The first-order valence-corrected chi connectivity index (χ1v) is 8.66. The largest absolute Gasteiger partial charge is 0.345 e. The lowest BCUT2D eigenvalue weighted by atomic mass is 10.0. The number of halogens is 2. The summed E-state index contributed by atoms with van der Waals surface area (Å²) in [4.78, 5) is 26.3. The van der Waals surface area contributed by atoms with Crippen molar-refractivity contribution in [2.75, 3.05) is 25.0 Å². The molecule has 1 aromatic carbocycles. The van der Waals surface area contributed by atoms with Crippen molar-refractivity contribution in [3.05, 3.63) is 29.0 Å². The molecule has 24 heavy (non-hydrogen) atoms. The second-order valence-electron chi connectivity index (χ2n) is 6.02. The quantitative estimate of drug-likeness (QED) is 0.798. The van der Waals surface area contributed by atoms with Crippen LogP contribution in [0.3, 0.4) is 0 Å². The number of unbranched alkanes of at least 4 members (excludes halogenated alkanes) is 1. The van der Waals surface area contributed by atoms with Crippen molar-refractivity contribution in [1.29, 1.82) is 0 Å². The molecule has 1 aliphatic rings. The SMILES string of the molecule is CCCCN1CCC(NC(=O)C(=O)Nc2ccc(F)cc2Cl)CC1. The molecule has 0 radical (unpaired) electrons. The minimum absolute atomic E-state index is 0.00446. The number of benzene rings is 1. The summed E-state index contributed by atoms with van der Waals surface area (Å²) in [6, 6.07) is 3.59. The maximum Gasteiger partial charge on any atom is 0.313 e. The lowest BCUT2D eigenvalue weighted by Gasteiger charge is -2.32. The molecule has 0 aliphatic carbocycles. The van der Waals surface area contributed by atoms with Crippen molar-refractivity contribution in [3.8, 4) is 0 Å². The molecule has 0 saturated carbocycles. The van der Waals surface area contributed by atoms with Gasteiger partial charge in [0.1, 0.15) is 5.82 Å². The van der Waals surface area contributed by atoms with Crippen LogP contribution in [0, 0.1) is 5.82 Å². The van der Waals surface area contributed by atoms with Gasteiger partial charge in [-0.1, -0.05) is 24.9 Å². The number of piperidine rings is 1. The van der Waals surface area contributed by atoms with Crippen LogP contribution in [0.2, 0.25) is 5.02 Å². The average Bonchev–Trinajstić information content (AvgIpc) is 2.56. The van der Waals surface area contributed by atoms with E-state index in [0.717, 1.165) is 38.5 Å². The third kappa shape index (κ3) is 5.46. The Balaban J connectivity index is 1.79. The Morgan fingerprint density at radius 1 is 1.29 bits per heavy atom. The Hall–Kier alpha value is -1.66. The molecule has 132 valence electrons. The van der Waals surface area contributed by atoms with Crippen LogP contribution in [0.25, 0.3) is 0 Å². The van der Waals surface area contributed by atoms with Gasteiger partial charge in [-0.25, -0.2) is 4.39 Å². The van der Waals surface area contributed by atoms with E-state index in [-0.39, 0.29) is 16.8 Å². The Morgan fingerprint density at radius 3 is 2.62 bits per heavy atom. The highest BCUT2D eigenvalue weighted by Gasteiger charge is 2.23. The van der Waals surface area contributed by atoms with Gasteiger partial charge in [-0.3, -0.25) is 9.59 Å². The van der Waals surface area contributed by atoms with E-state index in [9.17, 15) is 14.0 Å². The smallest absolute Gasteiger partial charge is 0.313 e. The molecule has 0 atom stereocenters. The third-order valence-electron chi connectivity index (χ3n) is 4.14. The van der Waals surface area contributed by atoms with Gasteiger partial charge >= 0.3 is 11.8 Å². The van der Waals surface area contributed by atoms with Gasteiger partial charge in [-0.05, 0) is 44.0 Å². The van der Waals surface area contributed by atoms with Crippen molar-refractivity contribution in [2.24, 2.45) is 0 Å². The molecule has 1 saturated heterocycles. The molecule has 5 nitrogen and oxygen atoms in total. The Morgan fingerprint density at radius 2 is 2.00 bits per heavy atom. The predicted octanol–water partition coefficient (Wildman–Crippen LogP) is 2.80. The summed E-state index contributed by atoms with van der Waals surface area (Å²) in [5, 5.41) is 5.21. The van der Waals surface area contributed by atoms with Crippen molar-refractivity contribution in [2.45, 2.75) is 38.6 Å². The van der Waals surface area contributed by atoms with Crippen LogP contribution in [0.15, 0.2) is 18.2 Å². The van der Waals surface area contributed by atoms with E-state index in [1.165, 1.54) is 25.0 Å². The van der Waals surface area contributed by atoms with Gasteiger partial charge in [0.15, 0.2) is 0 Å². The molecule has 1 heterocycles. The van der Waals surface area contributed by atoms with E-state index in [1.807, 2.05) is 0 Å². The van der Waals surface area contributed by atoms with E-state index in [0.29, 0.717) is 0 Å². The number of rotatable bonds is 5. The van der Waals surface area contributed by atoms with Crippen LogP contribution in [0.4, 0.5) is 10.1 Å². The summed E-state index contributed by atoms with van der Waals surface area (Å²) < 4.78 is 13.0. The summed E-state index contributed by atoms with van der Waals surface area (Å²) in [5.41, 5.74) is 0.215. The Labute approximate surface area is 146 Å². The number of nitrogens with zero attached hydrogens (tertiary/aromatic N) is 1. The van der Waals surface area contributed by atoms with E-state index in [1.54, 1.807) is 0 Å². The molecule has 0 spiro atoms. The maximum atomic E-state index is 13.0. The monoisotopic (exact) mass is 355 g/mol. The van der Waals surface area contributed by atoms with Gasteiger partial charge in [-0.15, -0.1) is 0 Å². The van der Waals surface area contributed by atoms with Crippen LogP contribution in [0.5, 0.6) is 0 Å².